The lowest BCUT2D eigenvalue weighted by molar-refractivity contribution is -0.0455. The fourth-order valence-electron chi connectivity index (χ4n) is 4.51. The molecule has 0 radical (unpaired) electrons. The molecule has 3 heteroatoms. The number of carbonyl (C=O) groups is 1. The van der Waals surface area contributed by atoms with Crippen LogP contribution >= 0.6 is 0 Å². The molecule has 160 valence electrons. The molecule has 1 aliphatic rings. The lowest BCUT2D eigenvalue weighted by Crippen LogP contribution is -2.49. The molecule has 1 amide bonds. The summed E-state index contributed by atoms with van der Waals surface area (Å²) < 4.78 is 6.25. The second kappa shape index (κ2) is 12.7. The van der Waals surface area contributed by atoms with Crippen LogP contribution in [0, 0.1) is 11.8 Å². The molecular weight excluding hydrogens is 334 g/mol. The Balaban J connectivity index is 2.80. The molecule has 1 aliphatic carbocycles. The molecule has 0 saturated heterocycles. The van der Waals surface area contributed by atoms with Crippen molar-refractivity contribution < 1.29 is 9.53 Å². The van der Waals surface area contributed by atoms with Gasteiger partial charge in [-0.1, -0.05) is 80.1 Å². The van der Waals surface area contributed by atoms with E-state index in [1.165, 1.54) is 51.4 Å². The number of rotatable bonds is 12. The summed E-state index contributed by atoms with van der Waals surface area (Å²) >= 11 is 0. The number of unbranched alkanes of at least 4 members (excludes halogenated alkanes) is 4. The number of carbonyl (C=O) groups excluding carboxylic acids is 1. The molecule has 1 rings (SSSR count). The Hall–Kier alpha value is -0.730. The summed E-state index contributed by atoms with van der Waals surface area (Å²) in [6, 6.07) is 0.291. The summed E-state index contributed by atoms with van der Waals surface area (Å²) in [5, 5.41) is 0. The maximum Gasteiger partial charge on any atom is 0.410 e. The van der Waals surface area contributed by atoms with Gasteiger partial charge in [0.05, 0.1) is 0 Å². The highest BCUT2D eigenvalue weighted by Gasteiger charge is 2.37. The molecule has 0 aromatic heterocycles. The lowest BCUT2D eigenvalue weighted by Gasteiger charge is -2.41. The van der Waals surface area contributed by atoms with E-state index in [9.17, 15) is 4.79 Å². The quantitative estimate of drug-likeness (QED) is 0.326. The maximum atomic E-state index is 13.3. The van der Waals surface area contributed by atoms with Gasteiger partial charge < -0.3 is 9.64 Å². The van der Waals surface area contributed by atoms with Gasteiger partial charge in [-0.25, -0.2) is 4.79 Å². The zero-order valence-electron chi connectivity index (χ0n) is 19.2. The van der Waals surface area contributed by atoms with Crippen molar-refractivity contribution in [1.29, 1.82) is 0 Å². The van der Waals surface area contributed by atoms with Crippen molar-refractivity contribution in [3.05, 3.63) is 0 Å². The molecule has 0 bridgehead atoms. The highest BCUT2D eigenvalue weighted by atomic mass is 16.6. The van der Waals surface area contributed by atoms with Crippen molar-refractivity contribution in [2.45, 2.75) is 130 Å². The third-order valence-electron chi connectivity index (χ3n) is 6.28. The van der Waals surface area contributed by atoms with Gasteiger partial charge in [-0.2, -0.15) is 0 Å². The van der Waals surface area contributed by atoms with Crippen LogP contribution in [0.5, 0.6) is 0 Å². The summed E-state index contributed by atoms with van der Waals surface area (Å²) in [5.74, 6) is 0.925. The first kappa shape index (κ1) is 24.3. The average Bonchev–Trinajstić information content (AvgIpc) is 2.63. The van der Waals surface area contributed by atoms with Crippen molar-refractivity contribution in [2.24, 2.45) is 11.8 Å². The van der Waals surface area contributed by atoms with E-state index in [2.05, 4.69) is 46.4 Å². The first-order valence-electron chi connectivity index (χ1n) is 11.8. The lowest BCUT2D eigenvalue weighted by atomic mass is 9.83. The van der Waals surface area contributed by atoms with Crippen molar-refractivity contribution in [3.8, 4) is 0 Å². The molecule has 1 atom stereocenters. The van der Waals surface area contributed by atoms with Crippen LogP contribution in [0.15, 0.2) is 0 Å². The summed E-state index contributed by atoms with van der Waals surface area (Å²) in [4.78, 5) is 15.4. The highest BCUT2D eigenvalue weighted by Crippen LogP contribution is 2.35. The van der Waals surface area contributed by atoms with Crippen LogP contribution in [-0.2, 0) is 4.74 Å². The molecule has 3 nitrogen and oxygen atoms in total. The first-order valence-corrected chi connectivity index (χ1v) is 11.8. The van der Waals surface area contributed by atoms with E-state index < -0.39 is 0 Å². The van der Waals surface area contributed by atoms with Gasteiger partial charge >= 0.3 is 6.09 Å². The monoisotopic (exact) mass is 381 g/mol. The Labute approximate surface area is 169 Å². The van der Waals surface area contributed by atoms with Gasteiger partial charge in [0.25, 0.3) is 0 Å². The normalized spacial score (nSPS) is 17.9. The Morgan fingerprint density at radius 3 is 2.11 bits per heavy atom. The Kier molecular flexibility index (Phi) is 11.4. The van der Waals surface area contributed by atoms with Crippen LogP contribution in [0.2, 0.25) is 0 Å². The van der Waals surface area contributed by atoms with Gasteiger partial charge in [0.15, 0.2) is 0 Å². The van der Waals surface area contributed by atoms with Crippen molar-refractivity contribution in [1.82, 2.24) is 4.90 Å². The number of nitrogens with zero attached hydrogens (tertiary/aromatic N) is 1. The Morgan fingerprint density at radius 1 is 0.963 bits per heavy atom. The van der Waals surface area contributed by atoms with E-state index in [1.54, 1.807) is 0 Å². The van der Waals surface area contributed by atoms with Gasteiger partial charge in [0, 0.05) is 12.6 Å². The van der Waals surface area contributed by atoms with Crippen LogP contribution in [0.25, 0.3) is 0 Å². The second-order valence-corrected chi connectivity index (χ2v) is 9.53. The zero-order chi connectivity index (χ0) is 20.3. The number of hydrogen-bond donors (Lipinski definition) is 0. The van der Waals surface area contributed by atoms with Gasteiger partial charge in [-0.15, -0.1) is 0 Å². The molecule has 27 heavy (non-hydrogen) atoms. The summed E-state index contributed by atoms with van der Waals surface area (Å²) in [7, 11) is 0. The third-order valence-corrected chi connectivity index (χ3v) is 6.28. The van der Waals surface area contributed by atoms with E-state index in [4.69, 9.17) is 4.74 Å². The Bertz CT molecular complexity index is 399. The molecule has 0 N–H and O–H groups in total. The minimum Gasteiger partial charge on any atom is -0.443 e. The number of amides is 1. The molecular formula is C24H47NO2. The van der Waals surface area contributed by atoms with Crippen LogP contribution < -0.4 is 0 Å². The standard InChI is InChI=1S/C24H47NO2/c1-7-9-10-11-13-16-22(21(5)6)25(19-20(3)4)23(26)27-24(8-2)17-14-12-15-18-24/h20-22H,7-19H2,1-6H3. The Morgan fingerprint density at radius 2 is 1.59 bits per heavy atom. The maximum absolute atomic E-state index is 13.3. The largest absolute Gasteiger partial charge is 0.443 e. The fourth-order valence-corrected chi connectivity index (χ4v) is 4.51. The minimum absolute atomic E-state index is 0.0558. The first-order chi connectivity index (χ1) is 12.8. The SMILES string of the molecule is CCCCCCCC(C(C)C)N(CC(C)C)C(=O)OC1(CC)CCCCC1. The minimum atomic E-state index is -0.215. The van der Waals surface area contributed by atoms with Crippen LogP contribution in [0.3, 0.4) is 0 Å². The van der Waals surface area contributed by atoms with E-state index >= 15 is 0 Å². The van der Waals surface area contributed by atoms with E-state index in [0.717, 1.165) is 32.2 Å². The average molecular weight is 382 g/mol. The topological polar surface area (TPSA) is 29.5 Å². The molecule has 1 fully saturated rings. The van der Waals surface area contributed by atoms with Gasteiger partial charge in [0.2, 0.25) is 0 Å². The smallest absolute Gasteiger partial charge is 0.410 e. The summed E-state index contributed by atoms with van der Waals surface area (Å²) in [5.41, 5.74) is -0.215. The molecule has 0 heterocycles. The van der Waals surface area contributed by atoms with Crippen molar-refractivity contribution in [2.75, 3.05) is 6.54 Å². The molecule has 0 spiro atoms. The van der Waals surface area contributed by atoms with Gasteiger partial charge in [-0.05, 0) is 50.4 Å². The third kappa shape index (κ3) is 8.44. The molecule has 0 aromatic carbocycles. The zero-order valence-corrected chi connectivity index (χ0v) is 19.2. The van der Waals surface area contributed by atoms with E-state index in [1.807, 2.05) is 0 Å². The van der Waals surface area contributed by atoms with Gasteiger partial charge in [-0.3, -0.25) is 0 Å². The predicted octanol–water partition coefficient (Wildman–Crippen LogP) is 7.58. The molecule has 0 aliphatic heterocycles. The fraction of sp³-hybridized carbons (Fsp3) is 0.958. The van der Waals surface area contributed by atoms with E-state index in [-0.39, 0.29) is 11.7 Å². The van der Waals surface area contributed by atoms with Crippen LogP contribution in [0.1, 0.15) is 119 Å². The summed E-state index contributed by atoms with van der Waals surface area (Å²) in [6.45, 7) is 14.2. The number of ether oxygens (including phenoxy) is 1. The molecule has 1 saturated carbocycles. The van der Waals surface area contributed by atoms with Crippen molar-refractivity contribution in [3.63, 3.8) is 0 Å². The molecule has 1 unspecified atom stereocenters. The second-order valence-electron chi connectivity index (χ2n) is 9.53. The highest BCUT2D eigenvalue weighted by molar-refractivity contribution is 5.68. The molecule has 0 aromatic rings. The number of hydrogen-bond acceptors (Lipinski definition) is 2. The van der Waals surface area contributed by atoms with Crippen molar-refractivity contribution >= 4 is 6.09 Å². The van der Waals surface area contributed by atoms with Crippen LogP contribution in [0.4, 0.5) is 4.79 Å². The van der Waals surface area contributed by atoms with E-state index in [0.29, 0.717) is 17.9 Å². The van der Waals surface area contributed by atoms with Gasteiger partial charge in [0.1, 0.15) is 5.60 Å². The summed E-state index contributed by atoms with van der Waals surface area (Å²) in [6.07, 6.45) is 14.1. The predicted molar refractivity (Wildman–Crippen MR) is 116 cm³/mol. The van der Waals surface area contributed by atoms with Crippen LogP contribution in [-0.4, -0.2) is 29.2 Å².